The Bertz CT molecular complexity index is 594. The van der Waals surface area contributed by atoms with Crippen LogP contribution in [0.5, 0.6) is 5.75 Å². The molecular weight excluding hydrogens is 250 g/mol. The van der Waals surface area contributed by atoms with Gasteiger partial charge in [-0.3, -0.25) is 0 Å². The van der Waals surface area contributed by atoms with Crippen LogP contribution >= 0.6 is 0 Å². The van der Waals surface area contributed by atoms with E-state index in [0.29, 0.717) is 22.9 Å². The number of nitrogen functional groups attached to an aromatic ring is 1. The molecule has 3 rings (SSSR count). The Morgan fingerprint density at radius 2 is 1.90 bits per heavy atom. The van der Waals surface area contributed by atoms with Crippen molar-refractivity contribution in [2.24, 2.45) is 11.7 Å². The fraction of sp³-hybridized carbons (Fsp3) is 0.438. The van der Waals surface area contributed by atoms with Crippen LogP contribution in [0.3, 0.4) is 0 Å². The van der Waals surface area contributed by atoms with E-state index in [4.69, 9.17) is 16.2 Å². The van der Waals surface area contributed by atoms with Crippen LogP contribution in [0.25, 0.3) is 0 Å². The van der Waals surface area contributed by atoms with E-state index in [0.717, 1.165) is 18.4 Å². The van der Waals surface area contributed by atoms with Gasteiger partial charge in [0.25, 0.3) is 0 Å². The van der Waals surface area contributed by atoms with E-state index in [-0.39, 0.29) is 11.8 Å². The number of benzene rings is 1. The lowest BCUT2D eigenvalue weighted by molar-refractivity contribution is 0.299. The maximum atomic E-state index is 9.45. The van der Waals surface area contributed by atoms with Gasteiger partial charge in [0.15, 0.2) is 0 Å². The molecule has 0 amide bonds. The molecule has 4 nitrogen and oxygen atoms in total. The van der Waals surface area contributed by atoms with Gasteiger partial charge in [-0.05, 0) is 24.8 Å². The predicted molar refractivity (Wildman–Crippen MR) is 77.6 cm³/mol. The van der Waals surface area contributed by atoms with Gasteiger partial charge in [-0.2, -0.15) is 5.26 Å². The molecule has 0 radical (unpaired) electrons. The molecule has 4 heteroatoms. The van der Waals surface area contributed by atoms with Gasteiger partial charge < -0.3 is 16.2 Å². The second-order valence-electron chi connectivity index (χ2n) is 5.66. The van der Waals surface area contributed by atoms with Gasteiger partial charge in [-0.25, -0.2) is 0 Å². The van der Waals surface area contributed by atoms with Gasteiger partial charge >= 0.3 is 0 Å². The molecule has 0 unspecified atom stereocenters. The first-order chi connectivity index (χ1) is 9.70. The van der Waals surface area contributed by atoms with Gasteiger partial charge in [-0.15, -0.1) is 0 Å². The van der Waals surface area contributed by atoms with Crippen molar-refractivity contribution < 1.29 is 4.74 Å². The van der Waals surface area contributed by atoms with Crippen molar-refractivity contribution in [3.8, 4) is 11.8 Å². The van der Waals surface area contributed by atoms with Crippen molar-refractivity contribution in [2.75, 3.05) is 5.73 Å². The van der Waals surface area contributed by atoms with E-state index >= 15 is 0 Å². The third-order valence-corrected chi connectivity index (χ3v) is 4.41. The number of fused-ring (bicyclic) bond motifs is 1. The highest BCUT2D eigenvalue weighted by Crippen LogP contribution is 2.47. The maximum absolute atomic E-state index is 9.45. The molecule has 1 aliphatic heterocycles. The number of rotatable bonds is 1. The molecule has 1 atom stereocenters. The first-order valence-corrected chi connectivity index (χ1v) is 7.17. The van der Waals surface area contributed by atoms with Gasteiger partial charge in [0, 0.05) is 23.2 Å². The zero-order valence-corrected chi connectivity index (χ0v) is 11.4. The second kappa shape index (κ2) is 5.09. The van der Waals surface area contributed by atoms with Gasteiger partial charge in [0.05, 0.1) is 5.57 Å². The summed E-state index contributed by atoms with van der Waals surface area (Å²) in [4.78, 5) is 0. The summed E-state index contributed by atoms with van der Waals surface area (Å²) in [5.74, 6) is 1.48. The maximum Gasteiger partial charge on any atom is 0.205 e. The van der Waals surface area contributed by atoms with E-state index in [1.54, 1.807) is 6.07 Å². The molecule has 4 N–H and O–H groups in total. The van der Waals surface area contributed by atoms with Crippen LogP contribution in [-0.4, -0.2) is 0 Å². The molecule has 20 heavy (non-hydrogen) atoms. The van der Waals surface area contributed by atoms with Gasteiger partial charge in [-0.1, -0.05) is 25.3 Å². The van der Waals surface area contributed by atoms with Gasteiger partial charge in [0.1, 0.15) is 11.8 Å². The van der Waals surface area contributed by atoms with Crippen molar-refractivity contribution in [1.82, 2.24) is 0 Å². The van der Waals surface area contributed by atoms with E-state index in [2.05, 4.69) is 6.07 Å². The molecule has 1 aromatic carbocycles. The number of nitriles is 1. The SMILES string of the molecule is N#CC1=C(N)Oc2cc(N)ccc2[C@H]1C1CCCCC1. The molecule has 1 aliphatic carbocycles. The molecule has 1 fully saturated rings. The zero-order valence-electron chi connectivity index (χ0n) is 11.4. The minimum Gasteiger partial charge on any atom is -0.440 e. The van der Waals surface area contributed by atoms with Crippen LogP contribution in [0, 0.1) is 17.2 Å². The Morgan fingerprint density at radius 3 is 2.60 bits per heavy atom. The zero-order chi connectivity index (χ0) is 14.1. The third-order valence-electron chi connectivity index (χ3n) is 4.41. The molecule has 1 saturated carbocycles. The van der Waals surface area contributed by atoms with Crippen LogP contribution in [-0.2, 0) is 0 Å². The smallest absolute Gasteiger partial charge is 0.205 e. The molecule has 1 heterocycles. The van der Waals surface area contributed by atoms with Crippen LogP contribution in [0.2, 0.25) is 0 Å². The summed E-state index contributed by atoms with van der Waals surface area (Å²) in [6, 6.07) is 7.90. The Balaban J connectivity index is 2.07. The van der Waals surface area contributed by atoms with E-state index in [1.807, 2.05) is 12.1 Å². The number of nitrogens with two attached hydrogens (primary N) is 2. The molecule has 2 aliphatic rings. The normalized spacial score (nSPS) is 22.9. The Kier molecular flexibility index (Phi) is 3.27. The highest BCUT2D eigenvalue weighted by atomic mass is 16.5. The lowest BCUT2D eigenvalue weighted by atomic mass is 9.72. The summed E-state index contributed by atoms with van der Waals surface area (Å²) in [6.07, 6.45) is 6.03. The number of allylic oxidation sites excluding steroid dienone is 1. The molecule has 0 spiro atoms. The summed E-state index contributed by atoms with van der Waals surface area (Å²) in [5.41, 5.74) is 14.0. The van der Waals surface area contributed by atoms with Crippen molar-refractivity contribution in [1.29, 1.82) is 5.26 Å². The summed E-state index contributed by atoms with van der Waals surface area (Å²) in [7, 11) is 0. The van der Waals surface area contributed by atoms with E-state index in [1.165, 1.54) is 19.3 Å². The third kappa shape index (κ3) is 2.09. The fourth-order valence-electron chi connectivity index (χ4n) is 3.46. The first kappa shape index (κ1) is 12.9. The van der Waals surface area contributed by atoms with Crippen molar-refractivity contribution >= 4 is 5.69 Å². The minimum absolute atomic E-state index is 0.0599. The highest BCUT2D eigenvalue weighted by molar-refractivity contribution is 5.56. The van der Waals surface area contributed by atoms with Crippen LogP contribution < -0.4 is 16.2 Å². The van der Waals surface area contributed by atoms with E-state index < -0.39 is 0 Å². The lowest BCUT2D eigenvalue weighted by Gasteiger charge is -2.34. The Morgan fingerprint density at radius 1 is 1.15 bits per heavy atom. The van der Waals surface area contributed by atoms with E-state index in [9.17, 15) is 5.26 Å². The minimum atomic E-state index is 0.0599. The summed E-state index contributed by atoms with van der Waals surface area (Å²) < 4.78 is 5.59. The van der Waals surface area contributed by atoms with Crippen LogP contribution in [0.1, 0.15) is 43.6 Å². The van der Waals surface area contributed by atoms with Crippen molar-refractivity contribution in [2.45, 2.75) is 38.0 Å². The Hall–Kier alpha value is -2.15. The molecule has 0 saturated heterocycles. The largest absolute Gasteiger partial charge is 0.440 e. The summed E-state index contributed by atoms with van der Waals surface area (Å²) in [5, 5.41) is 9.45. The summed E-state index contributed by atoms with van der Waals surface area (Å²) in [6.45, 7) is 0. The van der Waals surface area contributed by atoms with Crippen LogP contribution in [0.4, 0.5) is 5.69 Å². The first-order valence-electron chi connectivity index (χ1n) is 7.17. The van der Waals surface area contributed by atoms with Crippen molar-refractivity contribution in [3.05, 3.63) is 35.2 Å². The highest BCUT2D eigenvalue weighted by Gasteiger charge is 2.35. The van der Waals surface area contributed by atoms with Crippen molar-refractivity contribution in [3.63, 3.8) is 0 Å². The van der Waals surface area contributed by atoms with Gasteiger partial charge in [0.2, 0.25) is 5.88 Å². The molecule has 104 valence electrons. The monoisotopic (exact) mass is 269 g/mol. The number of nitrogens with zero attached hydrogens (tertiary/aromatic N) is 1. The topological polar surface area (TPSA) is 85.1 Å². The van der Waals surface area contributed by atoms with Crippen LogP contribution in [0.15, 0.2) is 29.7 Å². The Labute approximate surface area is 119 Å². The average molecular weight is 269 g/mol. The molecule has 0 bridgehead atoms. The number of hydrogen-bond acceptors (Lipinski definition) is 4. The standard InChI is InChI=1S/C16H19N3O/c17-9-13-15(10-4-2-1-3-5-10)12-7-6-11(18)8-14(12)20-16(13)19/h6-8,10,15H,1-5,18-19H2/t15-/m1/s1. The number of anilines is 1. The second-order valence-corrected chi connectivity index (χ2v) is 5.66. The average Bonchev–Trinajstić information content (AvgIpc) is 2.46. The number of hydrogen-bond donors (Lipinski definition) is 2. The number of ether oxygens (including phenoxy) is 1. The molecule has 0 aromatic heterocycles. The molecular formula is C16H19N3O. The summed E-state index contributed by atoms with van der Waals surface area (Å²) >= 11 is 0. The fourth-order valence-corrected chi connectivity index (χ4v) is 3.46. The molecule has 1 aromatic rings. The lowest BCUT2D eigenvalue weighted by Crippen LogP contribution is -2.26. The quantitative estimate of drug-likeness (QED) is 0.767. The predicted octanol–water partition coefficient (Wildman–Crippen LogP) is 3.02.